The van der Waals surface area contributed by atoms with Gasteiger partial charge in [-0.05, 0) is 30.2 Å². The molecule has 4 rings (SSSR count). The van der Waals surface area contributed by atoms with Crippen LogP contribution in [0.15, 0.2) is 53.5 Å². The summed E-state index contributed by atoms with van der Waals surface area (Å²) >= 11 is 7.55. The fraction of sp³-hybridized carbons (Fsp3) is 0.333. The first-order valence-corrected chi connectivity index (χ1v) is 12.6. The number of rotatable bonds is 5. The minimum Gasteiger partial charge on any atom is -0.495 e. The van der Waals surface area contributed by atoms with Gasteiger partial charge in [0.2, 0.25) is 5.91 Å². The second kappa shape index (κ2) is 8.61. The van der Waals surface area contributed by atoms with E-state index in [-0.39, 0.29) is 35.1 Å². The topological polar surface area (TPSA) is 76.0 Å². The van der Waals surface area contributed by atoms with Crippen LogP contribution in [-0.4, -0.2) is 49.4 Å². The van der Waals surface area contributed by atoms with E-state index >= 15 is 0 Å². The molecule has 2 atom stereocenters. The number of nitrogens with zero attached hydrogens (tertiary/aromatic N) is 2. The summed E-state index contributed by atoms with van der Waals surface area (Å²) < 4.78 is 29.9. The standard InChI is InChI=1S/C21H21ClN2O4S2/c1-28-18-9-8-15(22)11-16(18)24-17-12-30(26,27)13-19(17)29-21(24)23-20(25)10-7-14-5-3-2-4-6-14/h2-6,8-9,11,17,19H,7,10,12-13H2,1H3/t17-,19+/m1/s1. The number of amidine groups is 1. The van der Waals surface area contributed by atoms with Crippen LogP contribution in [0.25, 0.3) is 0 Å². The lowest BCUT2D eigenvalue weighted by Gasteiger charge is -2.26. The number of fused-ring (bicyclic) bond motifs is 1. The Labute approximate surface area is 185 Å². The fourth-order valence-electron chi connectivity index (χ4n) is 3.76. The fourth-order valence-corrected chi connectivity index (χ4v) is 7.85. The van der Waals surface area contributed by atoms with Gasteiger partial charge in [0.25, 0.3) is 0 Å². The molecule has 2 heterocycles. The van der Waals surface area contributed by atoms with Crippen LogP contribution in [0.3, 0.4) is 0 Å². The molecule has 30 heavy (non-hydrogen) atoms. The Morgan fingerprint density at radius 3 is 2.73 bits per heavy atom. The van der Waals surface area contributed by atoms with Crippen molar-refractivity contribution in [2.24, 2.45) is 4.99 Å². The van der Waals surface area contributed by atoms with Crippen molar-refractivity contribution in [2.45, 2.75) is 24.1 Å². The molecule has 0 bridgehead atoms. The first-order valence-electron chi connectivity index (χ1n) is 9.51. The maximum atomic E-state index is 12.6. The molecule has 0 N–H and O–H groups in total. The molecule has 1 amide bonds. The second-order valence-corrected chi connectivity index (χ2v) is 11.1. The highest BCUT2D eigenvalue weighted by Crippen LogP contribution is 2.44. The Morgan fingerprint density at radius 2 is 2.00 bits per heavy atom. The van der Waals surface area contributed by atoms with Crippen LogP contribution in [-0.2, 0) is 21.1 Å². The maximum absolute atomic E-state index is 12.6. The molecule has 2 aliphatic rings. The van der Waals surface area contributed by atoms with Gasteiger partial charge in [-0.15, -0.1) is 0 Å². The minimum atomic E-state index is -3.15. The SMILES string of the molecule is COc1ccc(Cl)cc1N1C(=NC(=O)CCc2ccccc2)S[C@H]2CS(=O)(=O)C[C@H]21. The van der Waals surface area contributed by atoms with E-state index in [2.05, 4.69) is 4.99 Å². The molecular formula is C21H21ClN2O4S2. The van der Waals surface area contributed by atoms with Gasteiger partial charge in [-0.2, -0.15) is 4.99 Å². The summed E-state index contributed by atoms with van der Waals surface area (Å²) in [6.45, 7) is 0. The largest absolute Gasteiger partial charge is 0.495 e. The van der Waals surface area contributed by atoms with Crippen LogP contribution in [0, 0.1) is 0 Å². The number of anilines is 1. The number of ether oxygens (including phenoxy) is 1. The predicted molar refractivity (Wildman–Crippen MR) is 122 cm³/mol. The van der Waals surface area contributed by atoms with Gasteiger partial charge in [-0.25, -0.2) is 8.42 Å². The first kappa shape index (κ1) is 21.2. The van der Waals surface area contributed by atoms with E-state index in [0.29, 0.717) is 28.0 Å². The zero-order chi connectivity index (χ0) is 21.3. The molecule has 9 heteroatoms. The average Bonchev–Trinajstić information content (AvgIpc) is 3.17. The first-order chi connectivity index (χ1) is 14.4. The number of hydrogen-bond acceptors (Lipinski definition) is 5. The van der Waals surface area contributed by atoms with Crippen LogP contribution in [0.4, 0.5) is 5.69 Å². The van der Waals surface area contributed by atoms with Gasteiger partial charge in [0.15, 0.2) is 15.0 Å². The Morgan fingerprint density at radius 1 is 1.23 bits per heavy atom. The number of halogens is 1. The van der Waals surface area contributed by atoms with Crippen molar-refractivity contribution in [1.29, 1.82) is 0 Å². The number of thioether (sulfide) groups is 1. The summed E-state index contributed by atoms with van der Waals surface area (Å²) in [5.41, 5.74) is 1.69. The van der Waals surface area contributed by atoms with Gasteiger partial charge in [0.1, 0.15) is 5.75 Å². The highest BCUT2D eigenvalue weighted by atomic mass is 35.5. The summed E-state index contributed by atoms with van der Waals surface area (Å²) in [5, 5.41) is 0.813. The number of aryl methyl sites for hydroxylation is 1. The third-order valence-corrected chi connectivity index (χ3v) is 8.60. The highest BCUT2D eigenvalue weighted by molar-refractivity contribution is 8.16. The van der Waals surface area contributed by atoms with Crippen LogP contribution < -0.4 is 9.64 Å². The molecule has 6 nitrogen and oxygen atoms in total. The molecule has 2 saturated heterocycles. The lowest BCUT2D eigenvalue weighted by atomic mass is 10.1. The van der Waals surface area contributed by atoms with Crippen molar-refractivity contribution in [3.63, 3.8) is 0 Å². The normalized spacial score (nSPS) is 23.5. The molecule has 0 aliphatic carbocycles. The van der Waals surface area contributed by atoms with E-state index in [0.717, 1.165) is 5.56 Å². The molecule has 2 aliphatic heterocycles. The molecule has 0 unspecified atom stereocenters. The summed E-state index contributed by atoms with van der Waals surface area (Å²) in [7, 11) is -1.61. The zero-order valence-corrected chi connectivity index (χ0v) is 18.7. The van der Waals surface area contributed by atoms with Gasteiger partial charge in [0, 0.05) is 16.7 Å². The Hall–Kier alpha value is -2.03. The van der Waals surface area contributed by atoms with Crippen LogP contribution in [0.2, 0.25) is 5.02 Å². The number of aliphatic imine (C=N–C) groups is 1. The van der Waals surface area contributed by atoms with Crippen molar-refractivity contribution < 1.29 is 17.9 Å². The van der Waals surface area contributed by atoms with Crippen molar-refractivity contribution in [1.82, 2.24) is 0 Å². The van der Waals surface area contributed by atoms with Crippen molar-refractivity contribution >= 4 is 50.0 Å². The van der Waals surface area contributed by atoms with Gasteiger partial charge in [0.05, 0.1) is 30.3 Å². The number of carbonyl (C=O) groups is 1. The summed E-state index contributed by atoms with van der Waals surface area (Å²) in [6, 6.07) is 14.6. The Kier molecular flexibility index (Phi) is 6.09. The molecule has 2 aromatic rings. The quantitative estimate of drug-likeness (QED) is 0.673. The van der Waals surface area contributed by atoms with Crippen molar-refractivity contribution in [2.75, 3.05) is 23.5 Å². The van der Waals surface area contributed by atoms with Gasteiger partial charge in [-0.3, -0.25) is 4.79 Å². The molecule has 0 radical (unpaired) electrons. The number of sulfone groups is 1. The Bertz CT molecular complexity index is 1090. The zero-order valence-electron chi connectivity index (χ0n) is 16.3. The molecule has 0 spiro atoms. The molecule has 158 valence electrons. The molecule has 0 aromatic heterocycles. The number of amides is 1. The molecule has 0 saturated carbocycles. The maximum Gasteiger partial charge on any atom is 0.248 e. The van der Waals surface area contributed by atoms with E-state index in [4.69, 9.17) is 16.3 Å². The van der Waals surface area contributed by atoms with Crippen LogP contribution in [0.1, 0.15) is 12.0 Å². The summed E-state index contributed by atoms with van der Waals surface area (Å²) in [4.78, 5) is 18.8. The average molecular weight is 465 g/mol. The summed E-state index contributed by atoms with van der Waals surface area (Å²) in [5.74, 6) is 0.390. The number of hydrogen-bond donors (Lipinski definition) is 0. The number of benzene rings is 2. The molecule has 2 aromatic carbocycles. The van der Waals surface area contributed by atoms with Crippen molar-refractivity contribution in [3.05, 3.63) is 59.1 Å². The van der Waals surface area contributed by atoms with Gasteiger partial charge in [-0.1, -0.05) is 53.7 Å². The highest BCUT2D eigenvalue weighted by Gasteiger charge is 2.50. The number of carbonyl (C=O) groups excluding carboxylic acids is 1. The van der Waals surface area contributed by atoms with E-state index in [9.17, 15) is 13.2 Å². The van der Waals surface area contributed by atoms with Gasteiger partial charge >= 0.3 is 0 Å². The summed E-state index contributed by atoms with van der Waals surface area (Å²) in [6.07, 6.45) is 0.880. The Balaban J connectivity index is 1.64. The van der Waals surface area contributed by atoms with E-state index in [1.54, 1.807) is 25.3 Å². The van der Waals surface area contributed by atoms with Crippen molar-refractivity contribution in [3.8, 4) is 5.75 Å². The minimum absolute atomic E-state index is 0.0115. The lowest BCUT2D eigenvalue weighted by Crippen LogP contribution is -2.38. The monoisotopic (exact) mass is 464 g/mol. The molecule has 2 fully saturated rings. The third-order valence-electron chi connectivity index (χ3n) is 5.16. The van der Waals surface area contributed by atoms with Gasteiger partial charge < -0.3 is 9.64 Å². The smallest absolute Gasteiger partial charge is 0.248 e. The van der Waals surface area contributed by atoms with Crippen LogP contribution in [0.5, 0.6) is 5.75 Å². The predicted octanol–water partition coefficient (Wildman–Crippen LogP) is 3.58. The third kappa shape index (κ3) is 4.50. The molecular weight excluding hydrogens is 444 g/mol. The van der Waals surface area contributed by atoms with E-state index < -0.39 is 9.84 Å². The second-order valence-electron chi connectivity index (χ2n) is 7.26. The lowest BCUT2D eigenvalue weighted by molar-refractivity contribution is -0.117. The number of methoxy groups -OCH3 is 1. The van der Waals surface area contributed by atoms with E-state index in [1.807, 2.05) is 35.2 Å². The van der Waals surface area contributed by atoms with E-state index in [1.165, 1.54) is 11.8 Å². The van der Waals surface area contributed by atoms with Crippen LogP contribution >= 0.6 is 23.4 Å².